The quantitative estimate of drug-likeness (QED) is 0.808. The second-order valence-electron chi connectivity index (χ2n) is 4.83. The van der Waals surface area contributed by atoms with Crippen LogP contribution < -0.4 is 5.32 Å². The normalized spacial score (nSPS) is 10.8. The summed E-state index contributed by atoms with van der Waals surface area (Å²) in [5.74, 6) is 0.154. The van der Waals surface area contributed by atoms with Gasteiger partial charge in [0.15, 0.2) is 0 Å². The van der Waals surface area contributed by atoms with E-state index in [2.05, 4.69) is 25.2 Å². The number of hydrogen-bond acceptors (Lipinski definition) is 1. The molecule has 0 aliphatic heterocycles. The molecule has 2 aromatic carbocycles. The van der Waals surface area contributed by atoms with E-state index in [0.717, 1.165) is 5.69 Å². The number of nitrogens with one attached hydrogen (secondary N) is 1. The second kappa shape index (κ2) is 6.07. The Kier molecular flexibility index (Phi) is 4.43. The Hall–Kier alpha value is -1.54. The van der Waals surface area contributed by atoms with Crippen LogP contribution in [0.4, 0.5) is 10.1 Å². The van der Waals surface area contributed by atoms with Crippen LogP contribution in [0.5, 0.6) is 0 Å². The lowest BCUT2D eigenvalue weighted by molar-refractivity contribution is 0.613. The molecule has 0 unspecified atom stereocenters. The maximum atomic E-state index is 13.7. The van der Waals surface area contributed by atoms with Crippen LogP contribution in [-0.2, 0) is 6.54 Å². The van der Waals surface area contributed by atoms with Crippen LogP contribution in [0.25, 0.3) is 0 Å². The maximum Gasteiger partial charge on any atom is 0.129 e. The Morgan fingerprint density at radius 1 is 1.16 bits per heavy atom. The number of rotatable bonds is 4. The van der Waals surface area contributed by atoms with Crippen LogP contribution in [0.15, 0.2) is 42.5 Å². The van der Waals surface area contributed by atoms with Crippen molar-refractivity contribution in [2.45, 2.75) is 26.3 Å². The van der Waals surface area contributed by atoms with Gasteiger partial charge in [0.05, 0.1) is 0 Å². The molecule has 2 rings (SSSR count). The largest absolute Gasteiger partial charge is 0.381 e. The first kappa shape index (κ1) is 13.9. The molecule has 2 aromatic rings. The number of hydrogen-bond donors (Lipinski definition) is 1. The van der Waals surface area contributed by atoms with Crippen LogP contribution in [0, 0.1) is 5.82 Å². The zero-order valence-electron chi connectivity index (χ0n) is 11.1. The summed E-state index contributed by atoms with van der Waals surface area (Å²) in [5.41, 5.74) is 2.90. The standard InChI is InChI=1S/C16H17ClFN/c1-11(2)14-5-3-4-6-16(14)19-10-12-7-8-13(17)9-15(12)18/h3-9,11,19H,10H2,1-2H3. The highest BCUT2D eigenvalue weighted by Crippen LogP contribution is 2.24. The molecule has 3 heteroatoms. The minimum atomic E-state index is -0.276. The lowest BCUT2D eigenvalue weighted by Crippen LogP contribution is -2.04. The van der Waals surface area contributed by atoms with Crippen LogP contribution in [0.1, 0.15) is 30.9 Å². The highest BCUT2D eigenvalue weighted by molar-refractivity contribution is 6.30. The summed E-state index contributed by atoms with van der Waals surface area (Å²) in [7, 11) is 0. The van der Waals surface area contributed by atoms with Crippen molar-refractivity contribution in [3.8, 4) is 0 Å². The predicted octanol–water partition coefficient (Wildman–Crippen LogP) is 5.21. The Morgan fingerprint density at radius 2 is 1.89 bits per heavy atom. The summed E-state index contributed by atoms with van der Waals surface area (Å²) in [6.07, 6.45) is 0. The Bertz CT molecular complexity index is 566. The van der Waals surface area contributed by atoms with E-state index in [9.17, 15) is 4.39 Å². The lowest BCUT2D eigenvalue weighted by Gasteiger charge is -2.14. The van der Waals surface area contributed by atoms with Gasteiger partial charge in [0.1, 0.15) is 5.82 Å². The van der Waals surface area contributed by atoms with Crippen LogP contribution in [-0.4, -0.2) is 0 Å². The summed E-state index contributed by atoms with van der Waals surface area (Å²) >= 11 is 5.74. The van der Waals surface area contributed by atoms with Gasteiger partial charge in [-0.15, -0.1) is 0 Å². The van der Waals surface area contributed by atoms with Crippen LogP contribution in [0.3, 0.4) is 0 Å². The fourth-order valence-corrected chi connectivity index (χ4v) is 2.18. The van der Waals surface area contributed by atoms with Gasteiger partial charge in [0.25, 0.3) is 0 Å². The molecule has 0 atom stereocenters. The van der Waals surface area contributed by atoms with Gasteiger partial charge >= 0.3 is 0 Å². The highest BCUT2D eigenvalue weighted by Gasteiger charge is 2.07. The van der Waals surface area contributed by atoms with E-state index in [1.165, 1.54) is 11.6 Å². The molecular weight excluding hydrogens is 261 g/mol. The number of benzene rings is 2. The van der Waals surface area contributed by atoms with Gasteiger partial charge in [0, 0.05) is 22.8 Å². The summed E-state index contributed by atoms with van der Waals surface area (Å²) < 4.78 is 13.7. The second-order valence-corrected chi connectivity index (χ2v) is 5.27. The van der Waals surface area contributed by atoms with Crippen molar-refractivity contribution in [3.05, 3.63) is 64.4 Å². The van der Waals surface area contributed by atoms with E-state index < -0.39 is 0 Å². The molecule has 0 saturated heterocycles. The molecule has 0 saturated carbocycles. The summed E-state index contributed by atoms with van der Waals surface area (Å²) in [4.78, 5) is 0. The van der Waals surface area contributed by atoms with Crippen molar-refractivity contribution in [1.82, 2.24) is 0 Å². The molecule has 100 valence electrons. The van der Waals surface area contributed by atoms with Gasteiger partial charge in [0.2, 0.25) is 0 Å². The van der Waals surface area contributed by atoms with Gasteiger partial charge in [-0.05, 0) is 29.7 Å². The third-order valence-electron chi connectivity index (χ3n) is 3.07. The van der Waals surface area contributed by atoms with E-state index in [-0.39, 0.29) is 5.82 Å². The summed E-state index contributed by atoms with van der Waals surface area (Å²) in [6, 6.07) is 12.9. The third-order valence-corrected chi connectivity index (χ3v) is 3.30. The molecule has 0 heterocycles. The zero-order valence-corrected chi connectivity index (χ0v) is 11.8. The van der Waals surface area contributed by atoms with E-state index >= 15 is 0 Å². The monoisotopic (exact) mass is 277 g/mol. The molecule has 0 aromatic heterocycles. The first-order valence-corrected chi connectivity index (χ1v) is 6.72. The first-order valence-electron chi connectivity index (χ1n) is 6.34. The molecule has 19 heavy (non-hydrogen) atoms. The third kappa shape index (κ3) is 3.48. The number of halogens is 2. The van der Waals surface area contributed by atoms with E-state index in [0.29, 0.717) is 23.0 Å². The van der Waals surface area contributed by atoms with Gasteiger partial charge in [-0.25, -0.2) is 4.39 Å². The molecule has 0 radical (unpaired) electrons. The molecule has 0 aliphatic carbocycles. The molecule has 1 nitrogen and oxygen atoms in total. The number of para-hydroxylation sites is 1. The zero-order chi connectivity index (χ0) is 13.8. The molecule has 0 amide bonds. The molecule has 1 N–H and O–H groups in total. The Balaban J connectivity index is 2.14. The summed E-state index contributed by atoms with van der Waals surface area (Å²) in [5, 5.41) is 3.71. The van der Waals surface area contributed by atoms with Crippen molar-refractivity contribution in [2.75, 3.05) is 5.32 Å². The molecule has 0 bridgehead atoms. The average Bonchev–Trinajstić information content (AvgIpc) is 2.38. The highest BCUT2D eigenvalue weighted by atomic mass is 35.5. The van der Waals surface area contributed by atoms with Crippen LogP contribution >= 0.6 is 11.6 Å². The SMILES string of the molecule is CC(C)c1ccccc1NCc1ccc(Cl)cc1F. The van der Waals surface area contributed by atoms with Crippen molar-refractivity contribution in [2.24, 2.45) is 0 Å². The first-order chi connectivity index (χ1) is 9.08. The van der Waals surface area contributed by atoms with Gasteiger partial charge in [-0.3, -0.25) is 0 Å². The molecule has 0 aliphatic rings. The maximum absolute atomic E-state index is 13.7. The van der Waals surface area contributed by atoms with Crippen molar-refractivity contribution >= 4 is 17.3 Å². The van der Waals surface area contributed by atoms with E-state index in [1.54, 1.807) is 12.1 Å². The van der Waals surface area contributed by atoms with Crippen molar-refractivity contribution in [3.63, 3.8) is 0 Å². The fraction of sp³-hybridized carbons (Fsp3) is 0.250. The molecular formula is C16H17ClFN. The lowest BCUT2D eigenvalue weighted by atomic mass is 10.0. The number of anilines is 1. The Labute approximate surface area is 118 Å². The predicted molar refractivity (Wildman–Crippen MR) is 79.3 cm³/mol. The smallest absolute Gasteiger partial charge is 0.129 e. The molecule has 0 fully saturated rings. The van der Waals surface area contributed by atoms with Gasteiger partial charge in [-0.1, -0.05) is 49.7 Å². The Morgan fingerprint density at radius 3 is 2.58 bits per heavy atom. The van der Waals surface area contributed by atoms with Gasteiger partial charge in [-0.2, -0.15) is 0 Å². The van der Waals surface area contributed by atoms with E-state index in [4.69, 9.17) is 11.6 Å². The van der Waals surface area contributed by atoms with Crippen molar-refractivity contribution < 1.29 is 4.39 Å². The summed E-state index contributed by atoms with van der Waals surface area (Å²) in [6.45, 7) is 4.74. The topological polar surface area (TPSA) is 12.0 Å². The van der Waals surface area contributed by atoms with E-state index in [1.807, 2.05) is 18.2 Å². The van der Waals surface area contributed by atoms with Gasteiger partial charge < -0.3 is 5.32 Å². The minimum absolute atomic E-state index is 0.276. The van der Waals surface area contributed by atoms with Crippen molar-refractivity contribution in [1.29, 1.82) is 0 Å². The fourth-order valence-electron chi connectivity index (χ4n) is 2.02. The molecule has 0 spiro atoms. The minimum Gasteiger partial charge on any atom is -0.381 e. The van der Waals surface area contributed by atoms with Crippen LogP contribution in [0.2, 0.25) is 5.02 Å². The average molecular weight is 278 g/mol.